The van der Waals surface area contributed by atoms with E-state index in [0.717, 1.165) is 23.3 Å². The quantitative estimate of drug-likeness (QED) is 0.926. The molecule has 2 N–H and O–H groups in total. The molecular weight excluding hydrogens is 267 g/mol. The third-order valence-corrected chi connectivity index (χ3v) is 2.83. The molecule has 2 rings (SSSR count). The van der Waals surface area contributed by atoms with Gasteiger partial charge in [0.15, 0.2) is 0 Å². The van der Waals surface area contributed by atoms with Crippen LogP contribution in [0, 0.1) is 0 Å². The number of alkyl halides is 3. The van der Waals surface area contributed by atoms with E-state index in [1.54, 1.807) is 0 Å². The second-order valence-electron chi connectivity index (χ2n) is 4.33. The molecule has 0 amide bonds. The fourth-order valence-electron chi connectivity index (χ4n) is 1.70. The minimum absolute atomic E-state index is 0.197. The van der Waals surface area contributed by atoms with E-state index in [2.05, 4.69) is 0 Å². The van der Waals surface area contributed by atoms with Crippen LogP contribution in [0.25, 0.3) is 0 Å². The topological polar surface area (TPSA) is 35.2 Å². The summed E-state index contributed by atoms with van der Waals surface area (Å²) in [4.78, 5) is 0. The van der Waals surface area contributed by atoms with Gasteiger partial charge in [-0.3, -0.25) is 0 Å². The summed E-state index contributed by atoms with van der Waals surface area (Å²) in [6.07, 6.45) is -4.36. The fraction of sp³-hybridized carbons (Fsp3) is 0.200. The Labute approximate surface area is 115 Å². The van der Waals surface area contributed by atoms with Gasteiger partial charge in [0.1, 0.15) is 12.4 Å². The number of halogens is 3. The maximum absolute atomic E-state index is 12.5. The van der Waals surface area contributed by atoms with Crippen LogP contribution in [0.4, 0.5) is 13.2 Å². The zero-order valence-electron chi connectivity index (χ0n) is 10.7. The lowest BCUT2D eigenvalue weighted by molar-refractivity contribution is -0.137. The van der Waals surface area contributed by atoms with Crippen molar-refractivity contribution in [2.24, 2.45) is 5.73 Å². The van der Waals surface area contributed by atoms with Gasteiger partial charge < -0.3 is 10.5 Å². The van der Waals surface area contributed by atoms with E-state index < -0.39 is 11.7 Å². The summed E-state index contributed by atoms with van der Waals surface area (Å²) >= 11 is 0. The zero-order valence-corrected chi connectivity index (χ0v) is 10.7. The predicted octanol–water partition coefficient (Wildman–Crippen LogP) is 3.74. The first kappa shape index (κ1) is 14.4. The lowest BCUT2D eigenvalue weighted by Gasteiger charge is -2.10. The van der Waals surface area contributed by atoms with Crippen LogP contribution in [-0.4, -0.2) is 0 Å². The van der Waals surface area contributed by atoms with Gasteiger partial charge in [0.25, 0.3) is 0 Å². The van der Waals surface area contributed by atoms with Gasteiger partial charge in [-0.25, -0.2) is 0 Å². The summed E-state index contributed by atoms with van der Waals surface area (Å²) in [5, 5.41) is 0. The summed E-state index contributed by atoms with van der Waals surface area (Å²) < 4.78 is 43.0. The van der Waals surface area contributed by atoms with Crippen molar-refractivity contribution in [3.05, 3.63) is 65.2 Å². The highest BCUT2D eigenvalue weighted by molar-refractivity contribution is 5.30. The summed E-state index contributed by atoms with van der Waals surface area (Å²) in [6.45, 7) is 0.668. The molecule has 0 heterocycles. The first-order valence-corrected chi connectivity index (χ1v) is 6.07. The van der Waals surface area contributed by atoms with E-state index in [0.29, 0.717) is 6.54 Å². The predicted molar refractivity (Wildman–Crippen MR) is 70.1 cm³/mol. The molecule has 2 aromatic carbocycles. The monoisotopic (exact) mass is 281 g/mol. The van der Waals surface area contributed by atoms with Gasteiger partial charge in [-0.05, 0) is 29.3 Å². The Morgan fingerprint density at radius 1 is 0.950 bits per heavy atom. The van der Waals surface area contributed by atoms with E-state index >= 15 is 0 Å². The van der Waals surface area contributed by atoms with Gasteiger partial charge in [0.05, 0.1) is 5.56 Å². The number of ether oxygens (including phenoxy) is 1. The second-order valence-corrected chi connectivity index (χ2v) is 4.33. The molecule has 20 heavy (non-hydrogen) atoms. The van der Waals surface area contributed by atoms with E-state index in [4.69, 9.17) is 10.5 Å². The average molecular weight is 281 g/mol. The lowest BCUT2D eigenvalue weighted by Crippen LogP contribution is -2.05. The van der Waals surface area contributed by atoms with Crippen LogP contribution in [0.5, 0.6) is 5.75 Å². The first-order valence-electron chi connectivity index (χ1n) is 6.07. The maximum Gasteiger partial charge on any atom is 0.416 e. The van der Waals surface area contributed by atoms with Gasteiger partial charge in [-0.2, -0.15) is 13.2 Å². The third-order valence-electron chi connectivity index (χ3n) is 2.83. The van der Waals surface area contributed by atoms with Crippen molar-refractivity contribution in [3.63, 3.8) is 0 Å². The van der Waals surface area contributed by atoms with E-state index in [-0.39, 0.29) is 12.4 Å². The second kappa shape index (κ2) is 5.96. The van der Waals surface area contributed by atoms with Crippen LogP contribution in [0.2, 0.25) is 0 Å². The standard InChI is InChI=1S/C15H14F3NO/c16-15(17,18)13-2-1-3-14(8-13)20-10-12-6-4-11(9-19)5-7-12/h1-8H,9-10,19H2. The molecule has 2 aromatic rings. The Bertz CT molecular complexity index is 564. The van der Waals surface area contributed by atoms with Crippen LogP contribution in [-0.2, 0) is 19.3 Å². The van der Waals surface area contributed by atoms with Crippen molar-refractivity contribution in [1.82, 2.24) is 0 Å². The molecule has 0 unspecified atom stereocenters. The highest BCUT2D eigenvalue weighted by Gasteiger charge is 2.30. The summed E-state index contributed by atoms with van der Waals surface area (Å²) in [5.74, 6) is 0.197. The Morgan fingerprint density at radius 3 is 2.20 bits per heavy atom. The van der Waals surface area contributed by atoms with Gasteiger partial charge in [0, 0.05) is 6.54 Å². The van der Waals surface area contributed by atoms with Crippen LogP contribution >= 0.6 is 0 Å². The molecule has 0 bridgehead atoms. The third kappa shape index (κ3) is 3.74. The molecule has 0 atom stereocenters. The smallest absolute Gasteiger partial charge is 0.416 e. The summed E-state index contributed by atoms with van der Waals surface area (Å²) in [5.41, 5.74) is 6.64. The Kier molecular flexibility index (Phi) is 4.29. The van der Waals surface area contributed by atoms with Gasteiger partial charge in [-0.1, -0.05) is 30.3 Å². The lowest BCUT2D eigenvalue weighted by atomic mass is 10.1. The summed E-state index contributed by atoms with van der Waals surface area (Å²) in [7, 11) is 0. The van der Waals surface area contributed by atoms with Gasteiger partial charge in [0.2, 0.25) is 0 Å². The Hall–Kier alpha value is -2.01. The Morgan fingerprint density at radius 2 is 1.60 bits per heavy atom. The van der Waals surface area contributed by atoms with Crippen LogP contribution in [0.1, 0.15) is 16.7 Å². The largest absolute Gasteiger partial charge is 0.489 e. The first-order chi connectivity index (χ1) is 9.49. The maximum atomic E-state index is 12.5. The molecular formula is C15H14F3NO. The molecule has 5 heteroatoms. The highest BCUT2D eigenvalue weighted by atomic mass is 19.4. The van der Waals surface area contributed by atoms with E-state index in [1.165, 1.54) is 12.1 Å². The summed E-state index contributed by atoms with van der Waals surface area (Å²) in [6, 6.07) is 12.3. The van der Waals surface area contributed by atoms with Crippen molar-refractivity contribution >= 4 is 0 Å². The van der Waals surface area contributed by atoms with Crippen LogP contribution in [0.3, 0.4) is 0 Å². The molecule has 0 aliphatic heterocycles. The molecule has 0 radical (unpaired) electrons. The van der Waals surface area contributed by atoms with Gasteiger partial charge in [-0.15, -0.1) is 0 Å². The molecule has 106 valence electrons. The van der Waals surface area contributed by atoms with Gasteiger partial charge >= 0.3 is 6.18 Å². The molecule has 0 aliphatic carbocycles. The van der Waals surface area contributed by atoms with Crippen LogP contribution in [0.15, 0.2) is 48.5 Å². The molecule has 0 aliphatic rings. The molecule has 0 saturated carbocycles. The number of hydrogen-bond acceptors (Lipinski definition) is 2. The van der Waals surface area contributed by atoms with E-state index in [9.17, 15) is 13.2 Å². The molecule has 0 aromatic heterocycles. The van der Waals surface area contributed by atoms with E-state index in [1.807, 2.05) is 24.3 Å². The normalized spacial score (nSPS) is 11.4. The Balaban J connectivity index is 2.03. The fourth-order valence-corrected chi connectivity index (χ4v) is 1.70. The van der Waals surface area contributed by atoms with Crippen molar-refractivity contribution in [2.75, 3.05) is 0 Å². The highest BCUT2D eigenvalue weighted by Crippen LogP contribution is 2.31. The number of hydrogen-bond donors (Lipinski definition) is 1. The average Bonchev–Trinajstić information content (AvgIpc) is 2.45. The van der Waals surface area contributed by atoms with Crippen LogP contribution < -0.4 is 10.5 Å². The number of nitrogens with two attached hydrogens (primary N) is 1. The molecule has 0 spiro atoms. The van der Waals surface area contributed by atoms with Crippen molar-refractivity contribution in [3.8, 4) is 5.75 Å². The zero-order chi connectivity index (χ0) is 14.6. The van der Waals surface area contributed by atoms with Crippen molar-refractivity contribution in [1.29, 1.82) is 0 Å². The van der Waals surface area contributed by atoms with Crippen molar-refractivity contribution < 1.29 is 17.9 Å². The SMILES string of the molecule is NCc1ccc(COc2cccc(C(F)(F)F)c2)cc1. The molecule has 0 fully saturated rings. The minimum Gasteiger partial charge on any atom is -0.489 e. The van der Waals surface area contributed by atoms with Crippen molar-refractivity contribution in [2.45, 2.75) is 19.3 Å². The number of benzene rings is 2. The molecule has 0 saturated heterocycles. The minimum atomic E-state index is -4.36. The molecule has 2 nitrogen and oxygen atoms in total. The number of rotatable bonds is 4.